The van der Waals surface area contributed by atoms with E-state index in [1.165, 1.54) is 25.5 Å². The number of piperazine rings is 1. The highest BCUT2D eigenvalue weighted by Crippen LogP contribution is 2.39. The first kappa shape index (κ1) is 22.0. The Labute approximate surface area is 195 Å². The molecule has 2 aliphatic heterocycles. The highest BCUT2D eigenvalue weighted by Gasteiger charge is 2.37. The highest BCUT2D eigenvalue weighted by atomic mass is 16.5. The Morgan fingerprint density at radius 2 is 1.91 bits per heavy atom. The zero-order valence-corrected chi connectivity index (χ0v) is 19.5. The van der Waals surface area contributed by atoms with Gasteiger partial charge < -0.3 is 19.0 Å². The van der Waals surface area contributed by atoms with Crippen LogP contribution >= 0.6 is 0 Å². The predicted octanol–water partition coefficient (Wildman–Crippen LogP) is 4.41. The minimum atomic E-state index is -0.0846. The van der Waals surface area contributed by atoms with Crippen LogP contribution in [0.1, 0.15) is 84.8 Å². The van der Waals surface area contributed by atoms with Crippen LogP contribution in [0.2, 0.25) is 0 Å². The third-order valence-electron chi connectivity index (χ3n) is 7.46. The monoisotopic (exact) mass is 448 g/mol. The molecule has 1 amide bonds. The van der Waals surface area contributed by atoms with Gasteiger partial charge in [0, 0.05) is 36.7 Å². The van der Waals surface area contributed by atoms with Gasteiger partial charge >= 0.3 is 0 Å². The Morgan fingerprint density at radius 3 is 2.58 bits per heavy atom. The average molecular weight is 449 g/mol. The van der Waals surface area contributed by atoms with Crippen molar-refractivity contribution in [2.45, 2.75) is 77.0 Å². The van der Waals surface area contributed by atoms with Crippen molar-refractivity contribution >= 4 is 11.7 Å². The number of pyridine rings is 1. The lowest BCUT2D eigenvalue weighted by molar-refractivity contribution is 0.0541. The Kier molecular flexibility index (Phi) is 6.11. The van der Waals surface area contributed by atoms with E-state index in [1.807, 2.05) is 4.90 Å². The number of rotatable bonds is 3. The summed E-state index contributed by atoms with van der Waals surface area (Å²) in [5, 5.41) is 10.2. The number of aromatic nitrogens is 1. The van der Waals surface area contributed by atoms with Crippen molar-refractivity contribution in [3.63, 3.8) is 0 Å². The summed E-state index contributed by atoms with van der Waals surface area (Å²) in [6.45, 7) is 6.60. The summed E-state index contributed by atoms with van der Waals surface area (Å²) in [5.74, 6) is 1.52. The average Bonchev–Trinajstić information content (AvgIpc) is 3.38. The van der Waals surface area contributed by atoms with E-state index in [-0.39, 0.29) is 18.0 Å². The van der Waals surface area contributed by atoms with Crippen molar-refractivity contribution in [3.05, 3.63) is 46.5 Å². The molecule has 0 radical (unpaired) electrons. The van der Waals surface area contributed by atoms with Crippen LogP contribution in [0.5, 0.6) is 0 Å². The number of nitrogens with zero attached hydrogens (tertiary/aromatic N) is 4. The maximum Gasteiger partial charge on any atom is 0.290 e. The topological polar surface area (TPSA) is 82.6 Å². The van der Waals surface area contributed by atoms with Gasteiger partial charge in [-0.3, -0.25) is 4.79 Å². The first-order valence-electron chi connectivity index (χ1n) is 12.2. The van der Waals surface area contributed by atoms with Crippen molar-refractivity contribution in [2.75, 3.05) is 24.6 Å². The minimum absolute atomic E-state index is 0.0304. The highest BCUT2D eigenvalue weighted by molar-refractivity contribution is 5.92. The molecule has 0 unspecified atom stereocenters. The third kappa shape index (κ3) is 4.02. The molecular weight excluding hydrogens is 416 g/mol. The summed E-state index contributed by atoms with van der Waals surface area (Å²) < 4.78 is 11.2. The molecule has 0 aromatic carbocycles. The molecule has 2 atom stereocenters. The molecule has 1 saturated carbocycles. The van der Waals surface area contributed by atoms with Crippen LogP contribution < -0.4 is 4.90 Å². The second-order valence-electron chi connectivity index (χ2n) is 9.69. The Hall–Kier alpha value is -2.85. The van der Waals surface area contributed by atoms with Gasteiger partial charge in [0.05, 0.1) is 30.7 Å². The molecule has 7 nitrogen and oxygen atoms in total. The van der Waals surface area contributed by atoms with Crippen LogP contribution in [0.15, 0.2) is 22.8 Å². The zero-order valence-electron chi connectivity index (χ0n) is 19.5. The molecule has 33 heavy (non-hydrogen) atoms. The van der Waals surface area contributed by atoms with Crippen molar-refractivity contribution < 1.29 is 13.9 Å². The molecule has 4 heterocycles. The van der Waals surface area contributed by atoms with E-state index < -0.39 is 0 Å². The lowest BCUT2D eigenvalue weighted by Crippen LogP contribution is -2.59. The van der Waals surface area contributed by atoms with Gasteiger partial charge in [0.15, 0.2) is 5.76 Å². The number of hydrogen-bond acceptors (Lipinski definition) is 6. The lowest BCUT2D eigenvalue weighted by Gasteiger charge is -2.45. The largest absolute Gasteiger partial charge is 0.459 e. The van der Waals surface area contributed by atoms with Gasteiger partial charge in [-0.05, 0) is 50.8 Å². The first-order chi connectivity index (χ1) is 16.1. The normalized spacial score (nSPS) is 23.8. The summed E-state index contributed by atoms with van der Waals surface area (Å²) in [6, 6.07) is 5.88. The quantitative estimate of drug-likeness (QED) is 0.692. The number of carbonyl (C=O) groups excluding carboxylic acids is 1. The lowest BCUT2D eigenvalue weighted by atomic mass is 9.82. The van der Waals surface area contributed by atoms with Crippen LogP contribution in [0.3, 0.4) is 0 Å². The second kappa shape index (κ2) is 9.18. The molecule has 0 bridgehead atoms. The van der Waals surface area contributed by atoms with Gasteiger partial charge in [0.1, 0.15) is 11.9 Å². The second-order valence-corrected chi connectivity index (χ2v) is 9.69. The molecule has 2 aromatic heterocycles. The van der Waals surface area contributed by atoms with Crippen molar-refractivity contribution in [2.24, 2.45) is 0 Å². The summed E-state index contributed by atoms with van der Waals surface area (Å²) in [6.07, 6.45) is 8.37. The zero-order chi connectivity index (χ0) is 22.9. The van der Waals surface area contributed by atoms with Gasteiger partial charge in [0.2, 0.25) is 0 Å². The van der Waals surface area contributed by atoms with E-state index in [4.69, 9.17) is 14.1 Å². The van der Waals surface area contributed by atoms with E-state index in [9.17, 15) is 10.1 Å². The van der Waals surface area contributed by atoms with Gasteiger partial charge in [-0.1, -0.05) is 19.3 Å². The van der Waals surface area contributed by atoms with Crippen LogP contribution in [-0.4, -0.2) is 47.6 Å². The van der Waals surface area contributed by atoms with Crippen LogP contribution in [0.25, 0.3) is 0 Å². The van der Waals surface area contributed by atoms with Crippen molar-refractivity contribution in [3.8, 4) is 6.07 Å². The van der Waals surface area contributed by atoms with Crippen LogP contribution in [-0.2, 0) is 17.8 Å². The minimum Gasteiger partial charge on any atom is -0.459 e. The Morgan fingerprint density at radius 1 is 1.15 bits per heavy atom. The fourth-order valence-electron chi connectivity index (χ4n) is 5.95. The van der Waals surface area contributed by atoms with E-state index in [0.717, 1.165) is 41.9 Å². The molecule has 174 valence electrons. The fourth-order valence-corrected chi connectivity index (χ4v) is 5.95. The predicted molar refractivity (Wildman–Crippen MR) is 124 cm³/mol. The molecule has 5 rings (SSSR count). The number of fused-ring (bicyclic) bond motifs is 1. The molecule has 3 aliphatic rings. The number of amides is 1. The molecule has 2 aromatic rings. The van der Waals surface area contributed by atoms with Crippen molar-refractivity contribution in [1.29, 1.82) is 5.26 Å². The molecule has 1 saturated heterocycles. The molecule has 0 N–H and O–H groups in total. The number of nitriles is 1. The number of furan rings is 1. The number of anilines is 1. The summed E-state index contributed by atoms with van der Waals surface area (Å²) in [7, 11) is 0. The van der Waals surface area contributed by atoms with Crippen LogP contribution in [0.4, 0.5) is 5.82 Å². The van der Waals surface area contributed by atoms with Crippen molar-refractivity contribution in [1.82, 2.24) is 9.88 Å². The van der Waals surface area contributed by atoms with E-state index in [1.54, 1.807) is 12.1 Å². The smallest absolute Gasteiger partial charge is 0.290 e. The Bertz CT molecular complexity index is 1040. The third-order valence-corrected chi connectivity index (χ3v) is 7.46. The maximum absolute atomic E-state index is 13.0. The van der Waals surface area contributed by atoms with Gasteiger partial charge in [-0.2, -0.15) is 5.26 Å². The van der Waals surface area contributed by atoms with E-state index in [0.29, 0.717) is 43.5 Å². The SMILES string of the molecule is C[C@@H]1CN(c2nc(C3CCCCC3)c3c(c2C#N)CCOC3)C[C@H](C)N1C(=O)c1ccco1. The van der Waals surface area contributed by atoms with Gasteiger partial charge in [-0.25, -0.2) is 4.98 Å². The number of hydrogen-bond donors (Lipinski definition) is 0. The molecule has 2 fully saturated rings. The molecule has 7 heteroatoms. The molecule has 1 aliphatic carbocycles. The van der Waals surface area contributed by atoms with E-state index >= 15 is 0 Å². The standard InChI is InChI=1S/C26H32N4O3/c1-17-14-29(15-18(2)30(17)26(31)23-9-6-11-33-23)25-21(13-27)20-10-12-32-16-22(20)24(28-25)19-7-4-3-5-8-19/h6,9,11,17-19H,3-5,7-8,10,12,14-16H2,1-2H3/t17-,18+. The molecule has 0 spiro atoms. The van der Waals surface area contributed by atoms with Gasteiger partial charge in [-0.15, -0.1) is 0 Å². The van der Waals surface area contributed by atoms with E-state index in [2.05, 4.69) is 24.8 Å². The molecular formula is C26H32N4O3. The number of carbonyl (C=O) groups is 1. The maximum atomic E-state index is 13.0. The first-order valence-corrected chi connectivity index (χ1v) is 12.2. The fraction of sp³-hybridized carbons (Fsp3) is 0.577. The number of ether oxygens (including phenoxy) is 1. The summed E-state index contributed by atoms with van der Waals surface area (Å²) in [4.78, 5) is 22.3. The van der Waals surface area contributed by atoms with Gasteiger partial charge in [0.25, 0.3) is 5.91 Å². The van der Waals surface area contributed by atoms with Crippen LogP contribution in [0, 0.1) is 11.3 Å². The summed E-state index contributed by atoms with van der Waals surface area (Å²) >= 11 is 0. The Balaban J connectivity index is 1.50. The summed E-state index contributed by atoms with van der Waals surface area (Å²) in [5.41, 5.74) is 4.12.